The first kappa shape index (κ1) is 13.8. The Labute approximate surface area is 114 Å². The lowest BCUT2D eigenvalue weighted by Crippen LogP contribution is -2.48. The molecule has 1 heterocycles. The number of nitrogens with one attached hydrogen (secondary N) is 2. The molecule has 2 atom stereocenters. The number of phenols is 1. The van der Waals surface area contributed by atoms with E-state index in [-0.39, 0.29) is 17.7 Å². The van der Waals surface area contributed by atoms with E-state index in [0.29, 0.717) is 11.3 Å². The maximum Gasteiger partial charge on any atom is 0.234 e. The van der Waals surface area contributed by atoms with Crippen molar-refractivity contribution in [3.05, 3.63) is 29.8 Å². The van der Waals surface area contributed by atoms with E-state index in [1.54, 1.807) is 18.2 Å². The number of phenolic OH excluding ortho intramolecular Hbond substituents is 1. The highest BCUT2D eigenvalue weighted by atomic mass is 32.2. The minimum atomic E-state index is -1.19. The highest BCUT2D eigenvalue weighted by molar-refractivity contribution is 7.84. The summed E-state index contributed by atoms with van der Waals surface area (Å²) in [5.41, 5.74) is 6.28. The van der Waals surface area contributed by atoms with E-state index in [0.717, 1.165) is 12.0 Å². The molecule has 5 nitrogen and oxygen atoms in total. The van der Waals surface area contributed by atoms with Crippen LogP contribution in [0, 0.1) is 0 Å². The highest BCUT2D eigenvalue weighted by Gasteiger charge is 2.14. The van der Waals surface area contributed by atoms with Crippen molar-refractivity contribution in [1.29, 1.82) is 0 Å². The third-order valence-corrected chi connectivity index (χ3v) is 3.86. The van der Waals surface area contributed by atoms with Gasteiger partial charge in [0.2, 0.25) is 5.91 Å². The Kier molecular flexibility index (Phi) is 4.34. The van der Waals surface area contributed by atoms with Gasteiger partial charge in [-0.25, -0.2) is 5.43 Å². The van der Waals surface area contributed by atoms with Crippen LogP contribution in [0.5, 0.6) is 5.75 Å². The van der Waals surface area contributed by atoms with Gasteiger partial charge in [-0.15, -0.1) is 0 Å². The molecule has 1 aromatic carbocycles. The number of benzene rings is 1. The molecule has 1 fully saturated rings. The molecule has 1 aliphatic rings. The third kappa shape index (κ3) is 3.65. The Hall–Kier alpha value is -1.66. The molecular weight excluding hydrogens is 264 g/mol. The number of amides is 1. The van der Waals surface area contributed by atoms with Crippen LogP contribution in [0.15, 0.2) is 29.2 Å². The molecule has 6 heteroatoms. The zero-order chi connectivity index (χ0) is 13.8. The predicted octanol–water partition coefficient (Wildman–Crippen LogP) is 0.926. The second-order valence-electron chi connectivity index (χ2n) is 4.38. The second-order valence-corrected chi connectivity index (χ2v) is 5.73. The Morgan fingerprint density at radius 2 is 2.26 bits per heavy atom. The van der Waals surface area contributed by atoms with Crippen molar-refractivity contribution in [1.82, 2.24) is 10.9 Å². The summed E-state index contributed by atoms with van der Waals surface area (Å²) in [5.74, 6) is 0.0324. The molecule has 102 valence electrons. The number of carbonyl (C=O) groups is 1. The average Bonchev–Trinajstić information content (AvgIpc) is 2.37. The summed E-state index contributed by atoms with van der Waals surface area (Å²) in [7, 11) is -1.19. The van der Waals surface area contributed by atoms with E-state index >= 15 is 0 Å². The van der Waals surface area contributed by atoms with Gasteiger partial charge in [-0.05, 0) is 24.1 Å². The van der Waals surface area contributed by atoms with E-state index in [1.165, 1.54) is 6.26 Å². The summed E-state index contributed by atoms with van der Waals surface area (Å²) in [6.07, 6.45) is 6.56. The molecule has 0 radical (unpaired) electrons. The lowest BCUT2D eigenvalue weighted by Gasteiger charge is -2.20. The summed E-state index contributed by atoms with van der Waals surface area (Å²) in [6.45, 7) is 0. The van der Waals surface area contributed by atoms with Crippen molar-refractivity contribution in [2.45, 2.75) is 23.8 Å². The smallest absolute Gasteiger partial charge is 0.234 e. The largest absolute Gasteiger partial charge is 0.507 e. The zero-order valence-corrected chi connectivity index (χ0v) is 11.4. The molecule has 0 saturated carbocycles. The van der Waals surface area contributed by atoms with E-state index in [2.05, 4.69) is 10.9 Å². The van der Waals surface area contributed by atoms with Crippen molar-refractivity contribution in [2.75, 3.05) is 6.26 Å². The monoisotopic (exact) mass is 280 g/mol. The van der Waals surface area contributed by atoms with Crippen LogP contribution in [0.4, 0.5) is 0 Å². The van der Waals surface area contributed by atoms with E-state index in [1.807, 2.05) is 12.2 Å². The second kappa shape index (κ2) is 5.99. The van der Waals surface area contributed by atoms with Crippen LogP contribution in [0.2, 0.25) is 0 Å². The highest BCUT2D eigenvalue weighted by Crippen LogP contribution is 2.22. The van der Waals surface area contributed by atoms with Crippen LogP contribution in [0.25, 0.3) is 6.08 Å². The fourth-order valence-corrected chi connectivity index (χ4v) is 2.46. The fraction of sp³-hybridized carbons (Fsp3) is 0.308. The van der Waals surface area contributed by atoms with Gasteiger partial charge < -0.3 is 5.11 Å². The van der Waals surface area contributed by atoms with Gasteiger partial charge in [0, 0.05) is 18.7 Å². The van der Waals surface area contributed by atoms with Crippen LogP contribution in [-0.4, -0.2) is 27.5 Å². The van der Waals surface area contributed by atoms with Gasteiger partial charge in [-0.3, -0.25) is 14.4 Å². The van der Waals surface area contributed by atoms with Crippen molar-refractivity contribution in [2.24, 2.45) is 0 Å². The molecule has 19 heavy (non-hydrogen) atoms. The van der Waals surface area contributed by atoms with Crippen LogP contribution in [0.3, 0.4) is 0 Å². The Balaban J connectivity index is 2.05. The van der Waals surface area contributed by atoms with Crippen LogP contribution >= 0.6 is 0 Å². The summed E-state index contributed by atoms with van der Waals surface area (Å²) in [6, 6.07) is 5.12. The average molecular weight is 280 g/mol. The SMILES string of the molecule is CS(=O)c1ccc(/C=C/C2CCC(=O)NN2)cc1O. The molecular formula is C13H16N2O3S. The summed E-state index contributed by atoms with van der Waals surface area (Å²) in [5, 5.41) is 9.73. The first-order valence-corrected chi connectivity index (χ1v) is 7.51. The van der Waals surface area contributed by atoms with Crippen molar-refractivity contribution in [3.8, 4) is 5.75 Å². The number of carbonyl (C=O) groups excluding carboxylic acids is 1. The zero-order valence-electron chi connectivity index (χ0n) is 10.6. The van der Waals surface area contributed by atoms with Gasteiger partial charge >= 0.3 is 0 Å². The van der Waals surface area contributed by atoms with Crippen LogP contribution in [-0.2, 0) is 15.6 Å². The van der Waals surface area contributed by atoms with Gasteiger partial charge in [-0.2, -0.15) is 0 Å². The van der Waals surface area contributed by atoms with Gasteiger partial charge in [0.25, 0.3) is 0 Å². The van der Waals surface area contributed by atoms with Crippen molar-refractivity contribution < 1.29 is 14.1 Å². The third-order valence-electron chi connectivity index (χ3n) is 2.89. The number of rotatable bonds is 3. The van der Waals surface area contributed by atoms with Crippen LogP contribution in [0.1, 0.15) is 18.4 Å². The molecule has 0 aliphatic carbocycles. The Bertz CT molecular complexity index is 533. The van der Waals surface area contributed by atoms with Gasteiger partial charge in [0.05, 0.1) is 15.7 Å². The van der Waals surface area contributed by atoms with Gasteiger partial charge in [-0.1, -0.05) is 18.2 Å². The number of hydrogen-bond donors (Lipinski definition) is 3. The minimum Gasteiger partial charge on any atom is -0.507 e. The lowest BCUT2D eigenvalue weighted by molar-refractivity contribution is -0.123. The summed E-state index contributed by atoms with van der Waals surface area (Å²) in [4.78, 5) is 11.4. The Morgan fingerprint density at radius 1 is 1.47 bits per heavy atom. The molecule has 1 aromatic rings. The van der Waals surface area contributed by atoms with Gasteiger partial charge in [0.1, 0.15) is 5.75 Å². The normalized spacial score (nSPS) is 21.3. The van der Waals surface area contributed by atoms with Crippen molar-refractivity contribution >= 4 is 22.8 Å². The van der Waals surface area contributed by atoms with E-state index in [9.17, 15) is 14.1 Å². The van der Waals surface area contributed by atoms with Crippen LogP contribution < -0.4 is 10.9 Å². The maximum absolute atomic E-state index is 11.3. The predicted molar refractivity (Wildman–Crippen MR) is 73.8 cm³/mol. The quantitative estimate of drug-likeness (QED) is 0.769. The molecule has 2 rings (SSSR count). The molecule has 1 amide bonds. The first-order chi connectivity index (χ1) is 9.06. The number of hydrogen-bond acceptors (Lipinski definition) is 4. The fourth-order valence-electron chi connectivity index (χ4n) is 1.85. The molecule has 0 bridgehead atoms. The molecule has 0 spiro atoms. The molecule has 2 unspecified atom stereocenters. The summed E-state index contributed by atoms with van der Waals surface area (Å²) >= 11 is 0. The molecule has 1 aliphatic heterocycles. The van der Waals surface area contributed by atoms with Gasteiger partial charge in [0.15, 0.2) is 0 Å². The Morgan fingerprint density at radius 3 is 2.84 bits per heavy atom. The molecule has 1 saturated heterocycles. The summed E-state index contributed by atoms with van der Waals surface area (Å²) < 4.78 is 11.3. The first-order valence-electron chi connectivity index (χ1n) is 5.95. The van der Waals surface area contributed by atoms with E-state index < -0.39 is 10.8 Å². The molecule has 0 aromatic heterocycles. The number of aromatic hydroxyl groups is 1. The molecule has 3 N–H and O–H groups in total. The minimum absolute atomic E-state index is 0.00271. The number of hydrazine groups is 1. The maximum atomic E-state index is 11.3. The lowest BCUT2D eigenvalue weighted by atomic mass is 10.1. The topological polar surface area (TPSA) is 78.4 Å². The van der Waals surface area contributed by atoms with Crippen molar-refractivity contribution in [3.63, 3.8) is 0 Å². The standard InChI is InChI=1S/C13H16N2O3S/c1-19(18)12-6-3-9(8-11(12)16)2-4-10-5-7-13(17)15-14-10/h2-4,6,8,10,14,16H,5,7H2,1H3,(H,15,17)/b4-2+. The van der Waals surface area contributed by atoms with E-state index in [4.69, 9.17) is 0 Å².